The Balaban J connectivity index is 2.85. The summed E-state index contributed by atoms with van der Waals surface area (Å²) in [4.78, 5) is 1.27. The number of hydrogen-bond donors (Lipinski definition) is 0. The molecule has 0 fully saturated rings. The monoisotopic (exact) mass is 230 g/mol. The fourth-order valence-corrected chi connectivity index (χ4v) is 1.61. The average Bonchev–Trinajstić information content (AvgIpc) is 2.02. The number of hydrogen-bond acceptors (Lipinski definition) is 2. The molecule has 0 radical (unpaired) electrons. The fourth-order valence-electron chi connectivity index (χ4n) is 0.766. The van der Waals surface area contributed by atoms with E-state index in [1.807, 2.05) is 30.3 Å². The molecule has 0 amide bonds. The van der Waals surface area contributed by atoms with E-state index in [4.69, 9.17) is 0 Å². The van der Waals surface area contributed by atoms with Crippen LogP contribution in [0.15, 0.2) is 35.3 Å². The van der Waals surface area contributed by atoms with Crippen molar-refractivity contribution in [2.24, 2.45) is 0 Å². The zero-order chi connectivity index (χ0) is 9.03. The van der Waals surface area contributed by atoms with Crippen molar-refractivity contribution in [2.45, 2.75) is 5.82 Å². The molecule has 2 nitrogen and oxygen atoms in total. The van der Waals surface area contributed by atoms with Crippen LogP contribution < -0.4 is 0 Å². The summed E-state index contributed by atoms with van der Waals surface area (Å²) < 4.78 is 21.6. The van der Waals surface area contributed by atoms with Gasteiger partial charge in [0.05, 0.1) is 0 Å². The molecule has 0 saturated heterocycles. The molecule has 1 aromatic rings. The molecule has 1 rings (SSSR count). The quantitative estimate of drug-likeness (QED) is 0.728. The van der Waals surface area contributed by atoms with E-state index in [9.17, 15) is 7.67 Å². The van der Waals surface area contributed by atoms with Crippen molar-refractivity contribution in [3.8, 4) is 0 Å². The molecule has 12 heavy (non-hydrogen) atoms. The molecule has 0 heterocycles. The van der Waals surface area contributed by atoms with Crippen molar-refractivity contribution in [3.63, 3.8) is 0 Å². The van der Waals surface area contributed by atoms with Crippen LogP contribution in [0.4, 0.5) is 0 Å². The Bertz CT molecular complexity index is 363. The molecule has 0 saturated carbocycles. The van der Waals surface area contributed by atoms with Gasteiger partial charge in [-0.1, -0.05) is 0 Å². The Labute approximate surface area is 73.5 Å². The van der Waals surface area contributed by atoms with Crippen LogP contribution in [0.2, 0.25) is 5.82 Å². The standard InChI is InChI=1S/C9H10O2Se/c1-12(10,11)8-7-9-5-3-2-4-6-9/h2-8H,1H3/b8-7+. The third kappa shape index (κ3) is 3.46. The first-order valence-electron chi connectivity index (χ1n) is 3.51. The van der Waals surface area contributed by atoms with Crippen LogP contribution in [0.5, 0.6) is 0 Å². The Kier molecular flexibility index (Phi) is 2.79. The SMILES string of the molecule is C[Se](=O)(=O)/C=C/c1ccccc1. The fraction of sp³-hybridized carbons (Fsp3) is 0.111. The van der Waals surface area contributed by atoms with E-state index >= 15 is 0 Å². The second-order valence-corrected chi connectivity index (χ2v) is 6.59. The van der Waals surface area contributed by atoms with Crippen molar-refractivity contribution < 1.29 is 7.67 Å². The Morgan fingerprint density at radius 3 is 2.25 bits per heavy atom. The van der Waals surface area contributed by atoms with Gasteiger partial charge in [0.1, 0.15) is 0 Å². The van der Waals surface area contributed by atoms with Crippen LogP contribution >= 0.6 is 0 Å². The summed E-state index contributed by atoms with van der Waals surface area (Å²) in [6, 6.07) is 9.36. The Morgan fingerprint density at radius 2 is 1.75 bits per heavy atom. The summed E-state index contributed by atoms with van der Waals surface area (Å²) >= 11 is -3.68. The van der Waals surface area contributed by atoms with E-state index in [-0.39, 0.29) is 0 Å². The average molecular weight is 229 g/mol. The molecule has 0 unspecified atom stereocenters. The Morgan fingerprint density at radius 1 is 1.17 bits per heavy atom. The van der Waals surface area contributed by atoms with Gasteiger partial charge in [-0.2, -0.15) is 0 Å². The third-order valence-electron chi connectivity index (χ3n) is 1.31. The van der Waals surface area contributed by atoms with Crippen LogP contribution in [0.3, 0.4) is 0 Å². The first-order valence-corrected chi connectivity index (χ1v) is 7.61. The molecule has 0 aliphatic heterocycles. The van der Waals surface area contributed by atoms with Crippen molar-refractivity contribution in [3.05, 3.63) is 40.9 Å². The Hall–Kier alpha value is -0.921. The first-order chi connectivity index (χ1) is 5.58. The van der Waals surface area contributed by atoms with Crippen LogP contribution in [-0.4, -0.2) is 12.7 Å². The summed E-state index contributed by atoms with van der Waals surface area (Å²) in [7, 11) is 0. The van der Waals surface area contributed by atoms with E-state index in [1.54, 1.807) is 6.08 Å². The summed E-state index contributed by atoms with van der Waals surface area (Å²) in [5.74, 6) is 1.25. The third-order valence-corrected chi connectivity index (χ3v) is 2.63. The van der Waals surface area contributed by atoms with Crippen LogP contribution in [0, 0.1) is 0 Å². The van der Waals surface area contributed by atoms with Crippen molar-refractivity contribution in [2.75, 3.05) is 0 Å². The zero-order valence-electron chi connectivity index (χ0n) is 6.77. The van der Waals surface area contributed by atoms with Gasteiger partial charge in [-0.05, 0) is 0 Å². The molecule has 3 heteroatoms. The molecule has 0 N–H and O–H groups in total. The molecule has 0 bridgehead atoms. The number of benzene rings is 1. The van der Waals surface area contributed by atoms with Gasteiger partial charge in [0.15, 0.2) is 0 Å². The van der Waals surface area contributed by atoms with Crippen LogP contribution in [-0.2, 0) is 7.67 Å². The minimum atomic E-state index is -3.68. The maximum atomic E-state index is 10.8. The molecule has 0 spiro atoms. The minimum absolute atomic E-state index is 0.910. The predicted molar refractivity (Wildman–Crippen MR) is 48.5 cm³/mol. The molecule has 0 aromatic heterocycles. The van der Waals surface area contributed by atoms with Gasteiger partial charge in [0.25, 0.3) is 0 Å². The first kappa shape index (κ1) is 9.17. The van der Waals surface area contributed by atoms with Gasteiger partial charge in [0, 0.05) is 0 Å². The molecule has 1 aromatic carbocycles. The van der Waals surface area contributed by atoms with Crippen molar-refractivity contribution in [1.29, 1.82) is 0 Å². The summed E-state index contributed by atoms with van der Waals surface area (Å²) in [5.41, 5.74) is 0.910. The zero-order valence-corrected chi connectivity index (χ0v) is 8.48. The molecule has 0 atom stereocenters. The molecule has 64 valence electrons. The maximum absolute atomic E-state index is 10.8. The second-order valence-electron chi connectivity index (χ2n) is 2.54. The van der Waals surface area contributed by atoms with E-state index in [2.05, 4.69) is 0 Å². The van der Waals surface area contributed by atoms with Crippen molar-refractivity contribution in [1.82, 2.24) is 0 Å². The van der Waals surface area contributed by atoms with Gasteiger partial charge in [-0.25, -0.2) is 0 Å². The van der Waals surface area contributed by atoms with Gasteiger partial charge in [-0.15, -0.1) is 0 Å². The van der Waals surface area contributed by atoms with E-state index in [0.29, 0.717) is 0 Å². The summed E-state index contributed by atoms with van der Waals surface area (Å²) in [6.07, 6.45) is 1.61. The normalized spacial score (nSPS) is 12.1. The number of rotatable bonds is 2. The van der Waals surface area contributed by atoms with Gasteiger partial charge >= 0.3 is 73.1 Å². The molecule has 0 aliphatic carbocycles. The van der Waals surface area contributed by atoms with Gasteiger partial charge in [0.2, 0.25) is 0 Å². The summed E-state index contributed by atoms with van der Waals surface area (Å²) in [6.45, 7) is 0. The predicted octanol–water partition coefficient (Wildman–Crippen LogP) is 2.17. The second kappa shape index (κ2) is 3.65. The van der Waals surface area contributed by atoms with E-state index in [0.717, 1.165) is 5.56 Å². The van der Waals surface area contributed by atoms with Crippen LogP contribution in [0.25, 0.3) is 6.08 Å². The van der Waals surface area contributed by atoms with Crippen molar-refractivity contribution >= 4 is 18.8 Å². The van der Waals surface area contributed by atoms with Crippen LogP contribution in [0.1, 0.15) is 5.56 Å². The van der Waals surface area contributed by atoms with E-state index in [1.165, 1.54) is 10.8 Å². The topological polar surface area (TPSA) is 34.1 Å². The molecular formula is C9H10O2Se. The summed E-state index contributed by atoms with van der Waals surface area (Å²) in [5, 5.41) is 0. The molecule has 0 aliphatic rings. The van der Waals surface area contributed by atoms with Gasteiger partial charge < -0.3 is 0 Å². The molecular weight excluding hydrogens is 219 g/mol. The van der Waals surface area contributed by atoms with E-state index < -0.39 is 12.7 Å². The van der Waals surface area contributed by atoms with Gasteiger partial charge in [-0.3, -0.25) is 0 Å².